The van der Waals surface area contributed by atoms with E-state index in [4.69, 9.17) is 0 Å². The maximum atomic E-state index is 13.6. The van der Waals surface area contributed by atoms with Crippen molar-refractivity contribution in [2.45, 2.75) is 31.6 Å². The fraction of sp³-hybridized carbons (Fsp3) is 0.526. The zero-order valence-corrected chi connectivity index (χ0v) is 20.9. The summed E-state index contributed by atoms with van der Waals surface area (Å²) in [6.07, 6.45) is 0.305. The number of nitrogens with one attached hydrogen (secondary N) is 2. The van der Waals surface area contributed by atoms with Crippen molar-refractivity contribution >= 4 is 37.6 Å². The highest BCUT2D eigenvalue weighted by molar-refractivity contribution is 7.92. The van der Waals surface area contributed by atoms with Crippen molar-refractivity contribution in [3.05, 3.63) is 35.7 Å². The summed E-state index contributed by atoms with van der Waals surface area (Å²) < 4.78 is 90.1. The molecule has 194 valence electrons. The van der Waals surface area contributed by atoms with Gasteiger partial charge >= 0.3 is 6.18 Å². The third-order valence-electron chi connectivity index (χ3n) is 5.46. The number of halogens is 3. The Morgan fingerprint density at radius 3 is 2.37 bits per heavy atom. The first-order valence-corrected chi connectivity index (χ1v) is 14.1. The number of sulfonamides is 2. The predicted molar refractivity (Wildman–Crippen MR) is 125 cm³/mol. The molecule has 2 aromatic heterocycles. The van der Waals surface area contributed by atoms with E-state index in [1.165, 1.54) is 23.6 Å². The van der Waals surface area contributed by atoms with Crippen LogP contribution in [0.15, 0.2) is 24.5 Å². The standard InChI is InChI=1S/C19H26F3N7O4S2/c1-28(34(2,30)31)17-13(5-4-8-23-17)11-24-16-15(19(20,21)22)12-25-18(27-16)26-14-6-9-29(10-7-14)35(3,32)33/h4-5,8,12,14H,6-7,9-11H2,1-3H3,(H2,24,25,26,27). The third kappa shape index (κ3) is 6.91. The van der Waals surface area contributed by atoms with Crippen LogP contribution >= 0.6 is 0 Å². The molecule has 2 aromatic rings. The number of aromatic nitrogens is 3. The lowest BCUT2D eigenvalue weighted by atomic mass is 10.1. The first kappa shape index (κ1) is 26.9. The molecule has 11 nitrogen and oxygen atoms in total. The van der Waals surface area contributed by atoms with Gasteiger partial charge in [-0.3, -0.25) is 4.31 Å². The van der Waals surface area contributed by atoms with Crippen LogP contribution in [0.25, 0.3) is 0 Å². The number of alkyl halides is 3. The monoisotopic (exact) mass is 537 g/mol. The number of rotatable bonds is 8. The quantitative estimate of drug-likeness (QED) is 0.516. The topological polar surface area (TPSA) is 137 Å². The fourth-order valence-electron chi connectivity index (χ4n) is 3.50. The summed E-state index contributed by atoms with van der Waals surface area (Å²) in [5.74, 6) is -0.459. The van der Waals surface area contributed by atoms with Crippen LogP contribution in [-0.4, -0.2) is 74.8 Å². The lowest BCUT2D eigenvalue weighted by Crippen LogP contribution is -2.42. The normalized spacial score (nSPS) is 16.2. The summed E-state index contributed by atoms with van der Waals surface area (Å²) in [6.45, 7) is 0.370. The van der Waals surface area contributed by atoms with Crippen LogP contribution < -0.4 is 14.9 Å². The molecular formula is C19H26F3N7O4S2. The van der Waals surface area contributed by atoms with Crippen molar-refractivity contribution in [1.29, 1.82) is 0 Å². The molecule has 1 aliphatic heterocycles. The van der Waals surface area contributed by atoms with Gasteiger partial charge in [0, 0.05) is 50.7 Å². The highest BCUT2D eigenvalue weighted by atomic mass is 32.2. The second-order valence-electron chi connectivity index (χ2n) is 8.10. The molecule has 0 unspecified atom stereocenters. The third-order valence-corrected chi connectivity index (χ3v) is 7.93. The molecule has 3 heterocycles. The molecule has 0 spiro atoms. The fourth-order valence-corrected chi connectivity index (χ4v) is 4.85. The van der Waals surface area contributed by atoms with Gasteiger partial charge < -0.3 is 10.6 Å². The van der Waals surface area contributed by atoms with Gasteiger partial charge in [0.05, 0.1) is 12.5 Å². The number of hydrogen-bond acceptors (Lipinski definition) is 9. The minimum absolute atomic E-state index is 0.0435. The van der Waals surface area contributed by atoms with Crippen molar-refractivity contribution in [2.75, 3.05) is 47.6 Å². The number of hydrogen-bond donors (Lipinski definition) is 2. The van der Waals surface area contributed by atoms with Gasteiger partial charge in [-0.15, -0.1) is 0 Å². The highest BCUT2D eigenvalue weighted by Gasteiger charge is 2.35. The molecule has 35 heavy (non-hydrogen) atoms. The Labute approximate surface area is 201 Å². The molecule has 0 bridgehead atoms. The summed E-state index contributed by atoms with van der Waals surface area (Å²) in [6, 6.07) is 2.86. The second-order valence-corrected chi connectivity index (χ2v) is 12.1. The van der Waals surface area contributed by atoms with E-state index in [9.17, 15) is 30.0 Å². The van der Waals surface area contributed by atoms with E-state index in [2.05, 4.69) is 25.6 Å². The number of pyridine rings is 1. The Morgan fingerprint density at radius 1 is 1.14 bits per heavy atom. The molecule has 0 aliphatic carbocycles. The molecule has 0 radical (unpaired) electrons. The molecule has 0 atom stereocenters. The molecule has 0 aromatic carbocycles. The molecule has 2 N–H and O–H groups in total. The molecule has 0 saturated carbocycles. The summed E-state index contributed by atoms with van der Waals surface area (Å²) in [4.78, 5) is 11.8. The maximum Gasteiger partial charge on any atom is 0.421 e. The van der Waals surface area contributed by atoms with Crippen LogP contribution in [0.3, 0.4) is 0 Å². The minimum atomic E-state index is -4.73. The Morgan fingerprint density at radius 2 is 1.80 bits per heavy atom. The Hall–Kier alpha value is -2.72. The van der Waals surface area contributed by atoms with Crippen LogP contribution in [-0.2, 0) is 32.8 Å². The summed E-state index contributed by atoms with van der Waals surface area (Å²) in [7, 11) is -5.66. The van der Waals surface area contributed by atoms with Crippen molar-refractivity contribution in [3.63, 3.8) is 0 Å². The highest BCUT2D eigenvalue weighted by Crippen LogP contribution is 2.34. The SMILES string of the molecule is CN(c1ncccc1CNc1nc(NC2CCN(S(C)(=O)=O)CC2)ncc1C(F)(F)F)S(C)(=O)=O. The van der Waals surface area contributed by atoms with Crippen LogP contribution in [0.2, 0.25) is 0 Å². The van der Waals surface area contributed by atoms with Gasteiger partial charge in [0.1, 0.15) is 17.2 Å². The van der Waals surface area contributed by atoms with Gasteiger partial charge in [-0.25, -0.2) is 31.1 Å². The summed E-state index contributed by atoms with van der Waals surface area (Å²) in [5, 5.41) is 5.60. The van der Waals surface area contributed by atoms with Crippen molar-refractivity contribution in [2.24, 2.45) is 0 Å². The van der Waals surface area contributed by atoms with Gasteiger partial charge in [-0.2, -0.15) is 18.2 Å². The summed E-state index contributed by atoms with van der Waals surface area (Å²) >= 11 is 0. The minimum Gasteiger partial charge on any atom is -0.365 e. The number of nitrogens with zero attached hydrogens (tertiary/aromatic N) is 5. The maximum absolute atomic E-state index is 13.6. The molecule has 16 heteroatoms. The van der Waals surface area contributed by atoms with E-state index in [0.717, 1.165) is 16.8 Å². The van der Waals surface area contributed by atoms with Gasteiger partial charge in [0.15, 0.2) is 0 Å². The van der Waals surface area contributed by atoms with E-state index < -0.39 is 37.6 Å². The van der Waals surface area contributed by atoms with Crippen molar-refractivity contribution < 1.29 is 30.0 Å². The summed E-state index contributed by atoms with van der Waals surface area (Å²) in [5.41, 5.74) is -0.744. The lowest BCUT2D eigenvalue weighted by Gasteiger charge is -2.30. The van der Waals surface area contributed by atoms with E-state index in [-0.39, 0.29) is 37.4 Å². The first-order valence-electron chi connectivity index (χ1n) is 10.4. The first-order chi connectivity index (χ1) is 16.2. The largest absolute Gasteiger partial charge is 0.421 e. The lowest BCUT2D eigenvalue weighted by molar-refractivity contribution is -0.137. The van der Waals surface area contributed by atoms with Gasteiger partial charge in [0.2, 0.25) is 26.0 Å². The molecule has 1 saturated heterocycles. The van der Waals surface area contributed by atoms with E-state index in [1.807, 2.05) is 0 Å². The molecule has 1 fully saturated rings. The Balaban J connectivity index is 1.80. The number of anilines is 3. The molecular weight excluding hydrogens is 511 g/mol. The van der Waals surface area contributed by atoms with Gasteiger partial charge in [-0.05, 0) is 18.9 Å². The van der Waals surface area contributed by atoms with E-state index >= 15 is 0 Å². The second kappa shape index (κ2) is 10.1. The van der Waals surface area contributed by atoms with Crippen molar-refractivity contribution in [1.82, 2.24) is 19.3 Å². The van der Waals surface area contributed by atoms with Crippen LogP contribution in [0.4, 0.5) is 30.8 Å². The van der Waals surface area contributed by atoms with Gasteiger partial charge in [-0.1, -0.05) is 6.07 Å². The molecule has 0 amide bonds. The predicted octanol–water partition coefficient (Wildman–Crippen LogP) is 1.73. The zero-order valence-electron chi connectivity index (χ0n) is 19.2. The smallest absolute Gasteiger partial charge is 0.365 e. The molecule has 1 aliphatic rings. The van der Waals surface area contributed by atoms with Crippen LogP contribution in [0, 0.1) is 0 Å². The zero-order chi connectivity index (χ0) is 26.0. The van der Waals surface area contributed by atoms with E-state index in [0.29, 0.717) is 24.6 Å². The van der Waals surface area contributed by atoms with E-state index in [1.54, 1.807) is 6.07 Å². The Kier molecular flexibility index (Phi) is 7.76. The average molecular weight is 538 g/mol. The van der Waals surface area contributed by atoms with Crippen LogP contribution in [0.5, 0.6) is 0 Å². The Bertz CT molecular complexity index is 1270. The molecule has 3 rings (SSSR count). The van der Waals surface area contributed by atoms with Gasteiger partial charge in [0.25, 0.3) is 0 Å². The van der Waals surface area contributed by atoms with Crippen LogP contribution in [0.1, 0.15) is 24.0 Å². The van der Waals surface area contributed by atoms with Crippen molar-refractivity contribution in [3.8, 4) is 0 Å². The number of piperidine rings is 1. The average Bonchev–Trinajstić information content (AvgIpc) is 2.76.